The fourth-order valence-corrected chi connectivity index (χ4v) is 2.71. The number of nitrogens with two attached hydrogens (primary N) is 1. The molecule has 0 aliphatic heterocycles. The molecule has 0 radical (unpaired) electrons. The van der Waals surface area contributed by atoms with Gasteiger partial charge in [0.15, 0.2) is 5.11 Å². The molecule has 0 saturated carbocycles. The average Bonchev–Trinajstić information content (AvgIpc) is 2.63. The van der Waals surface area contributed by atoms with E-state index in [0.717, 1.165) is 10.8 Å². The summed E-state index contributed by atoms with van der Waals surface area (Å²) in [4.78, 5) is 12.5. The fourth-order valence-electron chi connectivity index (χ4n) is 2.44. The second kappa shape index (κ2) is 7.95. The number of hydrazone groups is 1. The summed E-state index contributed by atoms with van der Waals surface area (Å²) in [7, 11) is 0. The highest BCUT2D eigenvalue weighted by atomic mass is 35.5. The Labute approximate surface area is 160 Å². The Hall–Kier alpha value is -2.96. The quantitative estimate of drug-likeness (QED) is 0.235. The average molecular weight is 384 g/mol. The van der Waals surface area contributed by atoms with Gasteiger partial charge in [0.1, 0.15) is 5.75 Å². The molecule has 5 nitrogen and oxygen atoms in total. The Morgan fingerprint density at radius 3 is 2.62 bits per heavy atom. The number of esters is 1. The van der Waals surface area contributed by atoms with Gasteiger partial charge in [0.2, 0.25) is 0 Å². The number of carbonyl (C=O) groups is 1. The summed E-state index contributed by atoms with van der Waals surface area (Å²) in [5, 5.41) is 6.19. The molecule has 0 heterocycles. The van der Waals surface area contributed by atoms with Crippen molar-refractivity contribution in [1.82, 2.24) is 5.43 Å². The molecular formula is C19H14ClN3O2S. The van der Waals surface area contributed by atoms with Crippen molar-refractivity contribution in [3.05, 3.63) is 76.8 Å². The number of fused-ring (bicyclic) bond motifs is 1. The van der Waals surface area contributed by atoms with Gasteiger partial charge in [0.25, 0.3) is 0 Å². The number of nitrogens with zero attached hydrogens (tertiary/aromatic N) is 1. The largest absolute Gasteiger partial charge is 0.422 e. The fraction of sp³-hybridized carbons (Fsp3) is 0. The van der Waals surface area contributed by atoms with Crippen LogP contribution in [0.25, 0.3) is 10.8 Å². The van der Waals surface area contributed by atoms with Crippen LogP contribution in [0, 0.1) is 0 Å². The minimum atomic E-state index is -0.553. The summed E-state index contributed by atoms with van der Waals surface area (Å²) in [5.74, 6) is -0.204. The molecule has 130 valence electrons. The van der Waals surface area contributed by atoms with Crippen molar-refractivity contribution in [1.29, 1.82) is 0 Å². The van der Waals surface area contributed by atoms with Crippen LogP contribution in [0.1, 0.15) is 15.9 Å². The summed E-state index contributed by atoms with van der Waals surface area (Å²) in [6, 6.07) is 17.9. The Bertz CT molecular complexity index is 1020. The molecule has 0 unspecified atom stereocenters. The molecule has 0 amide bonds. The molecule has 3 rings (SSSR count). The van der Waals surface area contributed by atoms with Crippen LogP contribution >= 0.6 is 23.8 Å². The van der Waals surface area contributed by atoms with Crippen LogP contribution in [0.15, 0.2) is 65.8 Å². The van der Waals surface area contributed by atoms with Crippen LogP contribution in [0.3, 0.4) is 0 Å². The van der Waals surface area contributed by atoms with Crippen molar-refractivity contribution < 1.29 is 9.53 Å². The van der Waals surface area contributed by atoms with Gasteiger partial charge in [-0.1, -0.05) is 54.1 Å². The molecule has 3 aromatic rings. The molecule has 3 aromatic carbocycles. The van der Waals surface area contributed by atoms with Gasteiger partial charge in [-0.15, -0.1) is 0 Å². The van der Waals surface area contributed by atoms with E-state index in [0.29, 0.717) is 16.3 Å². The molecule has 0 fully saturated rings. The predicted molar refractivity (Wildman–Crippen MR) is 108 cm³/mol. The Morgan fingerprint density at radius 2 is 1.85 bits per heavy atom. The lowest BCUT2D eigenvalue weighted by Gasteiger charge is -2.11. The van der Waals surface area contributed by atoms with Crippen molar-refractivity contribution >= 4 is 51.9 Å². The van der Waals surface area contributed by atoms with Crippen LogP contribution in [0.5, 0.6) is 5.75 Å². The SMILES string of the molecule is NC(=S)NN=Cc1c(OC(=O)c2ccccc2Cl)ccc2ccccc12. The molecular weight excluding hydrogens is 370 g/mol. The van der Waals surface area contributed by atoms with E-state index in [-0.39, 0.29) is 10.7 Å². The number of hydrogen-bond donors (Lipinski definition) is 2. The van der Waals surface area contributed by atoms with E-state index >= 15 is 0 Å². The van der Waals surface area contributed by atoms with E-state index in [1.807, 2.05) is 30.3 Å². The maximum Gasteiger partial charge on any atom is 0.345 e. The Balaban J connectivity index is 2.02. The van der Waals surface area contributed by atoms with Crippen LogP contribution in [-0.2, 0) is 0 Å². The predicted octanol–water partition coefficient (Wildman–Crippen LogP) is 3.88. The van der Waals surface area contributed by atoms with Gasteiger partial charge < -0.3 is 10.5 Å². The second-order valence-corrected chi connectivity index (χ2v) is 6.15. The van der Waals surface area contributed by atoms with Gasteiger partial charge in [0.05, 0.1) is 16.8 Å². The minimum absolute atomic E-state index is 0.0381. The van der Waals surface area contributed by atoms with Gasteiger partial charge >= 0.3 is 5.97 Å². The molecule has 0 atom stereocenters. The zero-order valence-electron chi connectivity index (χ0n) is 13.5. The molecule has 7 heteroatoms. The van der Waals surface area contributed by atoms with Crippen molar-refractivity contribution in [2.45, 2.75) is 0 Å². The third kappa shape index (κ3) is 3.99. The third-order valence-corrected chi connectivity index (χ3v) is 4.02. The number of halogens is 1. The summed E-state index contributed by atoms with van der Waals surface area (Å²) in [6.45, 7) is 0. The van der Waals surface area contributed by atoms with Gasteiger partial charge in [-0.2, -0.15) is 5.10 Å². The number of hydrogen-bond acceptors (Lipinski definition) is 4. The molecule has 0 aromatic heterocycles. The van der Waals surface area contributed by atoms with Crippen molar-refractivity contribution in [2.24, 2.45) is 10.8 Å². The zero-order valence-corrected chi connectivity index (χ0v) is 15.1. The number of rotatable bonds is 4. The van der Waals surface area contributed by atoms with Crippen LogP contribution in [-0.4, -0.2) is 17.3 Å². The lowest BCUT2D eigenvalue weighted by Crippen LogP contribution is -2.24. The summed E-state index contributed by atoms with van der Waals surface area (Å²) < 4.78 is 5.57. The first-order chi connectivity index (χ1) is 12.6. The Kier molecular flexibility index (Phi) is 5.46. The smallest absolute Gasteiger partial charge is 0.345 e. The van der Waals surface area contributed by atoms with Crippen LogP contribution in [0.2, 0.25) is 5.02 Å². The summed E-state index contributed by atoms with van der Waals surface area (Å²) >= 11 is 10.8. The first-order valence-electron chi connectivity index (χ1n) is 7.63. The van der Waals surface area contributed by atoms with Gasteiger partial charge in [0, 0.05) is 5.56 Å². The third-order valence-electron chi connectivity index (χ3n) is 3.60. The summed E-state index contributed by atoms with van der Waals surface area (Å²) in [6.07, 6.45) is 1.51. The van der Waals surface area contributed by atoms with Crippen molar-refractivity contribution in [3.8, 4) is 5.75 Å². The first kappa shape index (κ1) is 17.8. The monoisotopic (exact) mass is 383 g/mol. The molecule has 0 spiro atoms. The zero-order chi connectivity index (χ0) is 18.5. The lowest BCUT2D eigenvalue weighted by molar-refractivity contribution is 0.0735. The Morgan fingerprint density at radius 1 is 1.12 bits per heavy atom. The molecule has 26 heavy (non-hydrogen) atoms. The molecule has 3 N–H and O–H groups in total. The van der Waals surface area contributed by atoms with E-state index in [1.54, 1.807) is 30.3 Å². The van der Waals surface area contributed by atoms with Gasteiger partial charge in [-0.3, -0.25) is 5.43 Å². The van der Waals surface area contributed by atoms with E-state index in [4.69, 9.17) is 34.3 Å². The maximum atomic E-state index is 12.5. The van der Waals surface area contributed by atoms with E-state index in [2.05, 4.69) is 10.5 Å². The number of thiocarbonyl (C=S) groups is 1. The highest BCUT2D eigenvalue weighted by Crippen LogP contribution is 2.28. The molecule has 0 aliphatic carbocycles. The minimum Gasteiger partial charge on any atom is -0.422 e. The normalized spacial score (nSPS) is 10.8. The number of benzene rings is 3. The van der Waals surface area contributed by atoms with Crippen LogP contribution in [0.4, 0.5) is 0 Å². The van der Waals surface area contributed by atoms with Crippen molar-refractivity contribution in [2.75, 3.05) is 0 Å². The number of ether oxygens (including phenoxy) is 1. The standard InChI is InChI=1S/C19H14ClN3O2S/c20-16-8-4-3-7-14(16)18(24)25-17-10-9-12-5-1-2-6-13(12)15(17)11-22-23-19(21)26/h1-11H,(H3,21,23,26). The maximum absolute atomic E-state index is 12.5. The lowest BCUT2D eigenvalue weighted by atomic mass is 10.0. The van der Waals surface area contributed by atoms with E-state index in [1.165, 1.54) is 6.21 Å². The van der Waals surface area contributed by atoms with Gasteiger partial charge in [-0.25, -0.2) is 4.79 Å². The second-order valence-electron chi connectivity index (χ2n) is 5.30. The summed E-state index contributed by atoms with van der Waals surface area (Å²) in [5.41, 5.74) is 8.79. The highest BCUT2D eigenvalue weighted by molar-refractivity contribution is 7.80. The molecule has 0 saturated heterocycles. The van der Waals surface area contributed by atoms with E-state index in [9.17, 15) is 4.79 Å². The van der Waals surface area contributed by atoms with E-state index < -0.39 is 5.97 Å². The molecule has 0 bridgehead atoms. The number of nitrogens with one attached hydrogen (secondary N) is 1. The van der Waals surface area contributed by atoms with Crippen molar-refractivity contribution in [3.63, 3.8) is 0 Å². The molecule has 0 aliphatic rings. The number of carbonyl (C=O) groups excluding carboxylic acids is 1. The van der Waals surface area contributed by atoms with Gasteiger partial charge in [-0.05, 0) is 41.2 Å². The van der Waals surface area contributed by atoms with Crippen LogP contribution < -0.4 is 15.9 Å². The topological polar surface area (TPSA) is 76.7 Å². The highest BCUT2D eigenvalue weighted by Gasteiger charge is 2.15. The first-order valence-corrected chi connectivity index (χ1v) is 8.42.